The summed E-state index contributed by atoms with van der Waals surface area (Å²) >= 11 is 3.38. The van der Waals surface area contributed by atoms with Crippen LogP contribution in [0.2, 0.25) is 0 Å². The summed E-state index contributed by atoms with van der Waals surface area (Å²) in [7, 11) is 1.33. The molecule has 0 aliphatic carbocycles. The van der Waals surface area contributed by atoms with E-state index in [2.05, 4.69) is 31.0 Å². The fourth-order valence-electron chi connectivity index (χ4n) is 4.85. The highest BCUT2D eigenvalue weighted by Crippen LogP contribution is 2.40. The van der Waals surface area contributed by atoms with Gasteiger partial charge in [-0.3, -0.25) is 5.01 Å². The first-order valence-corrected chi connectivity index (χ1v) is 13.6. The summed E-state index contributed by atoms with van der Waals surface area (Å²) in [4.78, 5) is 26.5. The minimum atomic E-state index is -4.84. The van der Waals surface area contributed by atoms with Crippen molar-refractivity contribution >= 4 is 45.2 Å². The third kappa shape index (κ3) is 7.12. The number of alkyl halides is 3. The van der Waals surface area contributed by atoms with Gasteiger partial charge in [0.25, 0.3) is 0 Å². The summed E-state index contributed by atoms with van der Waals surface area (Å²) in [5.74, 6) is -1.51. The van der Waals surface area contributed by atoms with Crippen molar-refractivity contribution in [2.24, 2.45) is 0 Å². The molecular weight excluding hydrogens is 607 g/mol. The lowest BCUT2D eigenvalue weighted by molar-refractivity contribution is -0.274. The van der Waals surface area contributed by atoms with E-state index in [9.17, 15) is 27.9 Å². The molecule has 0 spiro atoms. The Morgan fingerprint density at radius 3 is 2.39 bits per heavy atom. The molecule has 3 aromatic rings. The van der Waals surface area contributed by atoms with E-state index in [1.807, 2.05) is 25.1 Å². The van der Waals surface area contributed by atoms with Crippen molar-refractivity contribution in [2.45, 2.75) is 38.6 Å². The molecule has 0 radical (unpaired) electrons. The number of anilines is 3. The number of para-hydroxylation sites is 1. The van der Waals surface area contributed by atoms with Crippen LogP contribution in [0.15, 0.2) is 59.1 Å². The number of hydrazine groups is 1. The first-order chi connectivity index (χ1) is 19.5. The Balaban J connectivity index is 1.83. The zero-order chi connectivity index (χ0) is 29.7. The van der Waals surface area contributed by atoms with Crippen LogP contribution in [0.5, 0.6) is 11.5 Å². The largest absolute Gasteiger partial charge is 0.573 e. The molecule has 218 valence electrons. The van der Waals surface area contributed by atoms with Crippen LogP contribution in [-0.4, -0.2) is 43.9 Å². The Morgan fingerprint density at radius 1 is 1.12 bits per heavy atom. The first-order valence-electron chi connectivity index (χ1n) is 12.8. The predicted molar refractivity (Wildman–Crippen MR) is 152 cm³/mol. The minimum absolute atomic E-state index is 0.0643. The van der Waals surface area contributed by atoms with Gasteiger partial charge in [0.2, 0.25) is 0 Å². The van der Waals surface area contributed by atoms with Gasteiger partial charge in [-0.05, 0) is 79.8 Å². The van der Waals surface area contributed by atoms with Gasteiger partial charge in [0.05, 0.1) is 24.2 Å². The van der Waals surface area contributed by atoms with Crippen LogP contribution >= 0.6 is 15.9 Å². The van der Waals surface area contributed by atoms with Crippen molar-refractivity contribution in [3.05, 3.63) is 75.8 Å². The molecular formula is C29H29BrF3N3O5. The number of ether oxygens (including phenoxy) is 2. The molecule has 0 bridgehead atoms. The normalized spacial score (nSPS) is 14.3. The number of halogens is 4. The van der Waals surface area contributed by atoms with Gasteiger partial charge in [-0.15, -0.1) is 13.2 Å². The Kier molecular flexibility index (Phi) is 9.44. The van der Waals surface area contributed by atoms with Crippen molar-refractivity contribution < 1.29 is 37.3 Å². The van der Waals surface area contributed by atoms with Gasteiger partial charge in [0.15, 0.2) is 0 Å². The van der Waals surface area contributed by atoms with Crippen LogP contribution in [-0.2, 0) is 4.79 Å². The molecule has 1 unspecified atom stereocenters. The van der Waals surface area contributed by atoms with E-state index in [1.165, 1.54) is 43.5 Å². The van der Waals surface area contributed by atoms with E-state index in [4.69, 9.17) is 4.74 Å². The van der Waals surface area contributed by atoms with E-state index in [0.29, 0.717) is 22.0 Å². The number of aromatic carboxylic acids is 1. The van der Waals surface area contributed by atoms with Crippen LogP contribution < -0.4 is 24.8 Å². The molecule has 1 aliphatic rings. The molecule has 1 atom stereocenters. The quantitative estimate of drug-likeness (QED) is 0.183. The van der Waals surface area contributed by atoms with Crippen LogP contribution in [0.4, 0.5) is 30.2 Å². The standard InChI is InChI=1S/C29H29BrF3N3O5/c1-18-7-6-8-25(35-13-4-3-5-14-35)27(18)36(19-9-11-20(12-10-19)41-29(31,32)33)34-24(17-37)21-16-26(40-2)22(28(38)39)15-23(21)30/h6-12,15-17,24,34H,3-5,13-14H2,1-2H3,(H,38,39). The van der Waals surface area contributed by atoms with Gasteiger partial charge in [0, 0.05) is 17.6 Å². The first kappa shape index (κ1) is 30.2. The molecule has 1 aliphatic heterocycles. The van der Waals surface area contributed by atoms with Crippen molar-refractivity contribution in [1.82, 2.24) is 5.43 Å². The maximum atomic E-state index is 12.8. The van der Waals surface area contributed by atoms with E-state index >= 15 is 0 Å². The van der Waals surface area contributed by atoms with Crippen LogP contribution in [0.1, 0.15) is 46.8 Å². The molecule has 2 N–H and O–H groups in total. The highest BCUT2D eigenvalue weighted by molar-refractivity contribution is 9.10. The number of benzene rings is 3. The monoisotopic (exact) mass is 635 g/mol. The smallest absolute Gasteiger partial charge is 0.496 e. The lowest BCUT2D eigenvalue weighted by atomic mass is 10.0. The summed E-state index contributed by atoms with van der Waals surface area (Å²) < 4.78 is 48.1. The predicted octanol–water partition coefficient (Wildman–Crippen LogP) is 6.94. The summed E-state index contributed by atoms with van der Waals surface area (Å²) in [6.07, 6.45) is -1.02. The number of piperidine rings is 1. The number of carbonyl (C=O) groups excluding carboxylic acids is 1. The number of methoxy groups -OCH3 is 1. The molecule has 12 heteroatoms. The maximum absolute atomic E-state index is 12.8. The van der Waals surface area contributed by atoms with Gasteiger partial charge in [-0.2, -0.15) is 0 Å². The number of nitrogens with one attached hydrogen (secondary N) is 1. The number of aldehydes is 1. The number of carboxylic acids is 1. The van der Waals surface area contributed by atoms with Gasteiger partial charge in [-0.25, -0.2) is 10.2 Å². The molecule has 3 aromatic carbocycles. The van der Waals surface area contributed by atoms with E-state index in [1.54, 1.807) is 5.01 Å². The number of rotatable bonds is 10. The van der Waals surface area contributed by atoms with Crippen LogP contribution in [0.25, 0.3) is 0 Å². The highest BCUT2D eigenvalue weighted by atomic mass is 79.9. The van der Waals surface area contributed by atoms with Crippen LogP contribution in [0.3, 0.4) is 0 Å². The van der Waals surface area contributed by atoms with Gasteiger partial charge in [0.1, 0.15) is 29.4 Å². The fourth-order valence-corrected chi connectivity index (χ4v) is 5.44. The highest BCUT2D eigenvalue weighted by Gasteiger charge is 2.31. The Morgan fingerprint density at radius 2 is 1.80 bits per heavy atom. The molecule has 1 fully saturated rings. The number of nitrogens with zero attached hydrogens (tertiary/aromatic N) is 2. The molecule has 0 saturated carbocycles. The lowest BCUT2D eigenvalue weighted by Crippen LogP contribution is -2.40. The topological polar surface area (TPSA) is 91.3 Å². The average molecular weight is 636 g/mol. The molecule has 1 heterocycles. The fraction of sp³-hybridized carbons (Fsp3) is 0.310. The lowest BCUT2D eigenvalue weighted by Gasteiger charge is -2.37. The molecule has 0 amide bonds. The Labute approximate surface area is 243 Å². The number of hydrogen-bond donors (Lipinski definition) is 2. The molecule has 41 heavy (non-hydrogen) atoms. The minimum Gasteiger partial charge on any atom is -0.496 e. The molecule has 0 aromatic heterocycles. The molecule has 8 nitrogen and oxygen atoms in total. The van der Waals surface area contributed by atoms with Crippen molar-refractivity contribution in [1.29, 1.82) is 0 Å². The Hall–Kier alpha value is -3.77. The number of aryl methyl sites for hydroxylation is 1. The van der Waals surface area contributed by atoms with Crippen molar-refractivity contribution in [3.63, 3.8) is 0 Å². The van der Waals surface area contributed by atoms with Gasteiger partial charge in [-0.1, -0.05) is 28.1 Å². The van der Waals surface area contributed by atoms with E-state index in [-0.39, 0.29) is 17.1 Å². The average Bonchev–Trinajstić information content (AvgIpc) is 2.94. The molecule has 1 saturated heterocycles. The maximum Gasteiger partial charge on any atom is 0.573 e. The molecule has 4 rings (SSSR count). The van der Waals surface area contributed by atoms with Gasteiger partial charge < -0.3 is 24.3 Å². The third-order valence-electron chi connectivity index (χ3n) is 6.75. The second-order valence-electron chi connectivity index (χ2n) is 9.49. The SMILES string of the molecule is COc1cc(C(C=O)NN(c2ccc(OC(F)(F)F)cc2)c2c(C)cccc2N2CCCCC2)c(Br)cc1C(=O)O. The Bertz CT molecular complexity index is 1400. The van der Waals surface area contributed by atoms with Crippen molar-refractivity contribution in [3.8, 4) is 11.5 Å². The van der Waals surface area contributed by atoms with Crippen molar-refractivity contribution in [2.75, 3.05) is 30.1 Å². The van der Waals surface area contributed by atoms with Crippen LogP contribution in [0, 0.1) is 6.92 Å². The second kappa shape index (κ2) is 12.8. The summed E-state index contributed by atoms with van der Waals surface area (Å²) in [6.45, 7) is 3.58. The second-order valence-corrected chi connectivity index (χ2v) is 10.3. The van der Waals surface area contributed by atoms with E-state index in [0.717, 1.165) is 49.3 Å². The number of hydrogen-bond acceptors (Lipinski definition) is 7. The van der Waals surface area contributed by atoms with Gasteiger partial charge >= 0.3 is 12.3 Å². The van der Waals surface area contributed by atoms with E-state index < -0.39 is 18.4 Å². The third-order valence-corrected chi connectivity index (χ3v) is 7.44. The summed E-state index contributed by atoms with van der Waals surface area (Å²) in [5.41, 5.74) is 6.46. The zero-order valence-corrected chi connectivity index (χ0v) is 24.0. The zero-order valence-electron chi connectivity index (χ0n) is 22.4. The number of carbonyl (C=O) groups is 2. The summed E-state index contributed by atoms with van der Waals surface area (Å²) in [5, 5.41) is 11.2. The number of carboxylic acid groups (broad SMARTS) is 1. The summed E-state index contributed by atoms with van der Waals surface area (Å²) in [6, 6.07) is 13.0.